The van der Waals surface area contributed by atoms with Crippen molar-refractivity contribution in [3.8, 4) is 11.4 Å². The second-order valence-electron chi connectivity index (χ2n) is 6.98. The summed E-state index contributed by atoms with van der Waals surface area (Å²) in [6.45, 7) is 1.93. The quantitative estimate of drug-likeness (QED) is 0.784. The molecule has 2 atom stereocenters. The molecule has 3 N–H and O–H groups in total. The first-order chi connectivity index (χ1) is 12.2. The number of aromatic amines is 1. The molecular formula is C19H23N3O3. The highest BCUT2D eigenvalue weighted by atomic mass is 16.5. The van der Waals surface area contributed by atoms with Crippen molar-refractivity contribution in [2.45, 2.75) is 38.0 Å². The number of aromatic nitrogens is 2. The third kappa shape index (κ3) is 3.13. The van der Waals surface area contributed by atoms with Crippen LogP contribution in [0, 0.1) is 5.41 Å². The molecule has 1 saturated heterocycles. The molecule has 1 aliphatic carbocycles. The average molecular weight is 341 g/mol. The number of benzene rings is 1. The largest absolute Gasteiger partial charge is 0.392 e. The summed E-state index contributed by atoms with van der Waals surface area (Å²) in [4.78, 5) is 19.4. The third-order valence-electron chi connectivity index (χ3n) is 5.61. The topological polar surface area (TPSA) is 87.2 Å². The van der Waals surface area contributed by atoms with Crippen LogP contribution in [0.25, 0.3) is 11.4 Å². The fraction of sp³-hybridized carbons (Fsp3) is 0.474. The lowest BCUT2D eigenvalue weighted by molar-refractivity contribution is -0.149. The highest BCUT2D eigenvalue weighted by Crippen LogP contribution is 2.48. The standard InChI is InChI=1S/C19H23N3O3/c23-16-11-15(19(16)6-8-25-9-7-19)20-12-14-10-17(24)22-18(21-14)13-4-2-1-3-5-13/h1-5,10,15-16,20,23H,6-9,11-12H2,(H,21,22,24)/t15-,16-/m1/s1. The SMILES string of the molecule is O=c1cc(CN[C@@H]2C[C@@H](O)C23CCOCC3)nc(-c2ccccc2)[nH]1. The zero-order valence-corrected chi connectivity index (χ0v) is 14.1. The van der Waals surface area contributed by atoms with Crippen LogP contribution in [0.1, 0.15) is 25.0 Å². The molecule has 6 heteroatoms. The van der Waals surface area contributed by atoms with Gasteiger partial charge in [0, 0.05) is 42.8 Å². The number of aliphatic hydroxyl groups excluding tert-OH is 1. The molecule has 2 heterocycles. The van der Waals surface area contributed by atoms with Crippen LogP contribution in [0.2, 0.25) is 0 Å². The lowest BCUT2D eigenvalue weighted by Gasteiger charge is -2.56. The highest BCUT2D eigenvalue weighted by Gasteiger charge is 2.54. The van der Waals surface area contributed by atoms with E-state index in [1.807, 2.05) is 30.3 Å². The van der Waals surface area contributed by atoms with Gasteiger partial charge < -0.3 is 20.1 Å². The highest BCUT2D eigenvalue weighted by molar-refractivity contribution is 5.54. The molecule has 0 bridgehead atoms. The number of hydrogen-bond donors (Lipinski definition) is 3. The molecule has 0 unspecified atom stereocenters. The molecular weight excluding hydrogens is 318 g/mol. The van der Waals surface area contributed by atoms with Crippen molar-refractivity contribution in [2.24, 2.45) is 5.41 Å². The zero-order chi connectivity index (χ0) is 17.3. The van der Waals surface area contributed by atoms with Crippen LogP contribution >= 0.6 is 0 Å². The van der Waals surface area contributed by atoms with Gasteiger partial charge in [-0.15, -0.1) is 0 Å². The van der Waals surface area contributed by atoms with E-state index in [2.05, 4.69) is 15.3 Å². The van der Waals surface area contributed by atoms with Gasteiger partial charge in [-0.05, 0) is 19.3 Å². The summed E-state index contributed by atoms with van der Waals surface area (Å²) in [7, 11) is 0. The van der Waals surface area contributed by atoms with Crippen molar-refractivity contribution < 1.29 is 9.84 Å². The van der Waals surface area contributed by atoms with Crippen LogP contribution in [-0.2, 0) is 11.3 Å². The molecule has 6 nitrogen and oxygen atoms in total. The van der Waals surface area contributed by atoms with E-state index in [0.717, 1.165) is 24.8 Å². The number of hydrogen-bond acceptors (Lipinski definition) is 5. The van der Waals surface area contributed by atoms with Crippen LogP contribution in [0.15, 0.2) is 41.2 Å². The van der Waals surface area contributed by atoms with Crippen molar-refractivity contribution in [3.05, 3.63) is 52.4 Å². The maximum Gasteiger partial charge on any atom is 0.251 e. The van der Waals surface area contributed by atoms with E-state index < -0.39 is 0 Å². The van der Waals surface area contributed by atoms with Crippen molar-refractivity contribution in [1.29, 1.82) is 0 Å². The second-order valence-corrected chi connectivity index (χ2v) is 6.98. The summed E-state index contributed by atoms with van der Waals surface area (Å²) < 4.78 is 5.44. The van der Waals surface area contributed by atoms with Crippen LogP contribution in [0.5, 0.6) is 0 Å². The fourth-order valence-corrected chi connectivity index (χ4v) is 4.04. The molecule has 4 rings (SSSR count). The predicted octanol–water partition coefficient (Wildman–Crippen LogP) is 1.46. The molecule has 1 aromatic carbocycles. The van der Waals surface area contributed by atoms with Gasteiger partial charge in [0.1, 0.15) is 5.82 Å². The van der Waals surface area contributed by atoms with Crippen molar-refractivity contribution >= 4 is 0 Å². The Morgan fingerprint density at radius 2 is 2.04 bits per heavy atom. The molecule has 1 spiro atoms. The third-order valence-corrected chi connectivity index (χ3v) is 5.61. The van der Waals surface area contributed by atoms with E-state index >= 15 is 0 Å². The monoisotopic (exact) mass is 341 g/mol. The fourth-order valence-electron chi connectivity index (χ4n) is 4.04. The van der Waals surface area contributed by atoms with E-state index in [1.54, 1.807) is 0 Å². The number of rotatable bonds is 4. The smallest absolute Gasteiger partial charge is 0.251 e. The van der Waals surface area contributed by atoms with Crippen molar-refractivity contribution in [1.82, 2.24) is 15.3 Å². The first-order valence-corrected chi connectivity index (χ1v) is 8.82. The van der Waals surface area contributed by atoms with Gasteiger partial charge in [0.2, 0.25) is 0 Å². The van der Waals surface area contributed by atoms with E-state index in [0.29, 0.717) is 31.3 Å². The normalized spacial score (nSPS) is 24.8. The summed E-state index contributed by atoms with van der Waals surface area (Å²) in [5.74, 6) is 0.583. The second kappa shape index (κ2) is 6.71. The van der Waals surface area contributed by atoms with Gasteiger partial charge in [-0.25, -0.2) is 4.98 Å². The molecule has 2 fully saturated rings. The molecule has 1 saturated carbocycles. The molecule has 1 aliphatic heterocycles. The van der Waals surface area contributed by atoms with E-state index in [-0.39, 0.29) is 23.1 Å². The minimum atomic E-state index is -0.263. The Bertz CT molecular complexity index is 784. The Morgan fingerprint density at radius 3 is 2.76 bits per heavy atom. The molecule has 1 aromatic heterocycles. The Morgan fingerprint density at radius 1 is 1.28 bits per heavy atom. The van der Waals surface area contributed by atoms with Crippen LogP contribution in [0.3, 0.4) is 0 Å². The summed E-state index contributed by atoms with van der Waals surface area (Å²) >= 11 is 0. The summed E-state index contributed by atoms with van der Waals surface area (Å²) in [6, 6.07) is 11.4. The van der Waals surface area contributed by atoms with Crippen molar-refractivity contribution in [2.75, 3.05) is 13.2 Å². The first-order valence-electron chi connectivity index (χ1n) is 8.82. The minimum absolute atomic E-state index is 0.0816. The average Bonchev–Trinajstić information content (AvgIpc) is 2.66. The van der Waals surface area contributed by atoms with E-state index in [9.17, 15) is 9.90 Å². The van der Waals surface area contributed by atoms with Gasteiger partial charge in [0.05, 0.1) is 11.8 Å². The van der Waals surface area contributed by atoms with Crippen LogP contribution < -0.4 is 10.9 Å². The Kier molecular flexibility index (Phi) is 4.41. The summed E-state index contributed by atoms with van der Waals surface area (Å²) in [5, 5.41) is 13.8. The van der Waals surface area contributed by atoms with Crippen LogP contribution in [-0.4, -0.2) is 40.4 Å². The van der Waals surface area contributed by atoms with E-state index in [4.69, 9.17) is 4.74 Å². The Hall–Kier alpha value is -2.02. The van der Waals surface area contributed by atoms with Gasteiger partial charge >= 0.3 is 0 Å². The number of aliphatic hydroxyl groups is 1. The number of H-pyrrole nitrogens is 1. The maximum absolute atomic E-state index is 12.0. The predicted molar refractivity (Wildman–Crippen MR) is 94.0 cm³/mol. The lowest BCUT2D eigenvalue weighted by atomic mass is 9.58. The molecule has 2 aromatic rings. The molecule has 2 aliphatic rings. The molecule has 132 valence electrons. The van der Waals surface area contributed by atoms with E-state index in [1.165, 1.54) is 6.07 Å². The number of nitrogens with one attached hydrogen (secondary N) is 2. The molecule has 0 radical (unpaired) electrons. The molecule has 0 amide bonds. The summed E-state index contributed by atoms with van der Waals surface area (Å²) in [6.07, 6.45) is 2.24. The Labute approximate surface area is 146 Å². The van der Waals surface area contributed by atoms with Gasteiger partial charge in [-0.3, -0.25) is 4.79 Å². The maximum atomic E-state index is 12.0. The lowest BCUT2D eigenvalue weighted by Crippen LogP contribution is -2.64. The minimum Gasteiger partial charge on any atom is -0.392 e. The first kappa shape index (κ1) is 16.4. The van der Waals surface area contributed by atoms with Gasteiger partial charge in [-0.2, -0.15) is 0 Å². The summed E-state index contributed by atoms with van der Waals surface area (Å²) in [5.41, 5.74) is 1.37. The number of nitrogens with zero attached hydrogens (tertiary/aromatic N) is 1. The number of ether oxygens (including phenoxy) is 1. The van der Waals surface area contributed by atoms with Crippen LogP contribution in [0.4, 0.5) is 0 Å². The molecule has 25 heavy (non-hydrogen) atoms. The van der Waals surface area contributed by atoms with Gasteiger partial charge in [-0.1, -0.05) is 30.3 Å². The Balaban J connectivity index is 1.48. The van der Waals surface area contributed by atoms with Gasteiger partial charge in [0.25, 0.3) is 5.56 Å². The zero-order valence-electron chi connectivity index (χ0n) is 14.1. The van der Waals surface area contributed by atoms with Gasteiger partial charge in [0.15, 0.2) is 0 Å². The van der Waals surface area contributed by atoms with Crippen molar-refractivity contribution in [3.63, 3.8) is 0 Å².